The zero-order chi connectivity index (χ0) is 16.1. The maximum absolute atomic E-state index is 12.1. The molecule has 21 heavy (non-hydrogen) atoms. The lowest BCUT2D eigenvalue weighted by Gasteiger charge is -2.18. The van der Waals surface area contributed by atoms with E-state index >= 15 is 0 Å². The Hall–Kier alpha value is -1.56. The van der Waals surface area contributed by atoms with Crippen molar-refractivity contribution in [3.05, 3.63) is 29.8 Å². The van der Waals surface area contributed by atoms with Crippen LogP contribution in [-0.2, 0) is 21.2 Å². The summed E-state index contributed by atoms with van der Waals surface area (Å²) in [5, 5.41) is 8.73. The van der Waals surface area contributed by atoms with Crippen LogP contribution in [0.2, 0.25) is 0 Å². The van der Waals surface area contributed by atoms with E-state index in [1.54, 1.807) is 24.3 Å². The van der Waals surface area contributed by atoms with Gasteiger partial charge in [0.1, 0.15) is 0 Å². The second-order valence-electron chi connectivity index (χ2n) is 6.28. The van der Waals surface area contributed by atoms with Gasteiger partial charge < -0.3 is 5.11 Å². The van der Waals surface area contributed by atoms with Crippen LogP contribution in [0.5, 0.6) is 0 Å². The lowest BCUT2D eigenvalue weighted by atomic mass is 9.94. The molecule has 1 aromatic rings. The van der Waals surface area contributed by atoms with Crippen molar-refractivity contribution in [3.63, 3.8) is 0 Å². The van der Waals surface area contributed by atoms with E-state index < -0.39 is 16.0 Å². The molecule has 0 bridgehead atoms. The highest BCUT2D eigenvalue weighted by molar-refractivity contribution is 7.92. The first-order valence-electron chi connectivity index (χ1n) is 6.89. The highest BCUT2D eigenvalue weighted by Gasteiger charge is 2.18. The van der Waals surface area contributed by atoms with E-state index in [2.05, 4.69) is 4.72 Å². The van der Waals surface area contributed by atoms with Crippen molar-refractivity contribution >= 4 is 21.7 Å². The lowest BCUT2D eigenvalue weighted by Crippen LogP contribution is -2.21. The van der Waals surface area contributed by atoms with Gasteiger partial charge in [0, 0.05) is 6.42 Å². The molecule has 0 heterocycles. The third-order valence-corrected chi connectivity index (χ3v) is 4.28. The number of rotatable bonds is 7. The number of sulfonamides is 1. The zero-order valence-corrected chi connectivity index (χ0v) is 13.5. The topological polar surface area (TPSA) is 83.5 Å². The standard InChI is InChI=1S/C15H23NO4S/c1-15(2,3)10-11-21(19,20)16-13-7-5-4-6-12(13)8-9-14(17)18/h4-7,16H,8-11H2,1-3H3,(H,17,18). The summed E-state index contributed by atoms with van der Waals surface area (Å²) in [4.78, 5) is 10.6. The van der Waals surface area contributed by atoms with Crippen molar-refractivity contribution in [2.75, 3.05) is 10.5 Å². The van der Waals surface area contributed by atoms with Gasteiger partial charge in [-0.15, -0.1) is 0 Å². The van der Waals surface area contributed by atoms with E-state index in [-0.39, 0.29) is 17.6 Å². The minimum absolute atomic E-state index is 0.0271. The van der Waals surface area contributed by atoms with Gasteiger partial charge in [-0.05, 0) is 29.9 Å². The highest BCUT2D eigenvalue weighted by atomic mass is 32.2. The summed E-state index contributed by atoms with van der Waals surface area (Å²) in [6, 6.07) is 6.90. The predicted octanol–water partition coefficient (Wildman–Crippen LogP) is 2.88. The fourth-order valence-electron chi connectivity index (χ4n) is 1.74. The van der Waals surface area contributed by atoms with Crippen molar-refractivity contribution < 1.29 is 18.3 Å². The average Bonchev–Trinajstić information content (AvgIpc) is 2.34. The summed E-state index contributed by atoms with van der Waals surface area (Å²) in [5.41, 5.74) is 1.10. The highest BCUT2D eigenvalue weighted by Crippen LogP contribution is 2.22. The van der Waals surface area contributed by atoms with Gasteiger partial charge in [-0.1, -0.05) is 39.0 Å². The molecule has 0 aliphatic rings. The molecular formula is C15H23NO4S. The molecule has 2 N–H and O–H groups in total. The Kier molecular flexibility index (Phi) is 5.78. The number of para-hydroxylation sites is 1. The molecule has 0 aliphatic carbocycles. The Balaban J connectivity index is 2.79. The molecule has 5 nitrogen and oxygen atoms in total. The second kappa shape index (κ2) is 6.93. The molecule has 0 fully saturated rings. The number of hydrogen-bond donors (Lipinski definition) is 2. The number of carbonyl (C=O) groups is 1. The van der Waals surface area contributed by atoms with E-state index in [0.29, 0.717) is 24.1 Å². The third-order valence-electron chi connectivity index (χ3n) is 3.01. The van der Waals surface area contributed by atoms with Crippen LogP contribution in [-0.4, -0.2) is 25.2 Å². The number of hydrogen-bond acceptors (Lipinski definition) is 3. The summed E-state index contributed by atoms with van der Waals surface area (Å²) in [7, 11) is -3.43. The van der Waals surface area contributed by atoms with E-state index in [1.807, 2.05) is 20.8 Å². The molecule has 6 heteroatoms. The summed E-state index contributed by atoms with van der Waals surface area (Å²) < 4.78 is 26.8. The van der Waals surface area contributed by atoms with Crippen LogP contribution < -0.4 is 4.72 Å². The quantitative estimate of drug-likeness (QED) is 0.810. The summed E-state index contributed by atoms with van der Waals surface area (Å²) >= 11 is 0. The SMILES string of the molecule is CC(C)(C)CCS(=O)(=O)Nc1ccccc1CCC(=O)O. The Morgan fingerprint density at radius 1 is 1.24 bits per heavy atom. The molecule has 0 atom stereocenters. The van der Waals surface area contributed by atoms with E-state index in [0.717, 1.165) is 0 Å². The molecule has 0 amide bonds. The van der Waals surface area contributed by atoms with Crippen molar-refractivity contribution in [2.45, 2.75) is 40.0 Å². The summed E-state index contributed by atoms with van der Waals surface area (Å²) in [5.74, 6) is -0.857. The minimum atomic E-state index is -3.43. The van der Waals surface area contributed by atoms with Gasteiger partial charge in [0.2, 0.25) is 10.0 Å². The molecule has 0 saturated heterocycles. The maximum atomic E-state index is 12.1. The van der Waals surface area contributed by atoms with Gasteiger partial charge in [-0.3, -0.25) is 9.52 Å². The average molecular weight is 313 g/mol. The van der Waals surface area contributed by atoms with E-state index in [9.17, 15) is 13.2 Å². The summed E-state index contributed by atoms with van der Waals surface area (Å²) in [6.07, 6.45) is 0.827. The van der Waals surface area contributed by atoms with Gasteiger partial charge in [0.25, 0.3) is 0 Å². The van der Waals surface area contributed by atoms with Gasteiger partial charge >= 0.3 is 5.97 Å². The van der Waals surface area contributed by atoms with E-state index in [4.69, 9.17) is 5.11 Å². The van der Waals surface area contributed by atoms with Crippen molar-refractivity contribution in [1.29, 1.82) is 0 Å². The largest absolute Gasteiger partial charge is 0.481 e. The predicted molar refractivity (Wildman–Crippen MR) is 83.9 cm³/mol. The normalized spacial score (nSPS) is 12.1. The van der Waals surface area contributed by atoms with Gasteiger partial charge in [-0.2, -0.15) is 0 Å². The molecular weight excluding hydrogens is 290 g/mol. The maximum Gasteiger partial charge on any atom is 0.303 e. The van der Waals surface area contributed by atoms with Crippen LogP contribution in [0.3, 0.4) is 0 Å². The first-order valence-corrected chi connectivity index (χ1v) is 8.54. The molecule has 0 unspecified atom stereocenters. The fraction of sp³-hybridized carbons (Fsp3) is 0.533. The minimum Gasteiger partial charge on any atom is -0.481 e. The summed E-state index contributed by atoms with van der Waals surface area (Å²) in [6.45, 7) is 5.97. The molecule has 1 aromatic carbocycles. The van der Waals surface area contributed by atoms with Gasteiger partial charge in [0.05, 0.1) is 11.4 Å². The number of carboxylic acid groups (broad SMARTS) is 1. The molecule has 0 aromatic heterocycles. The molecule has 118 valence electrons. The number of carboxylic acids is 1. The molecule has 0 radical (unpaired) electrons. The van der Waals surface area contributed by atoms with Crippen LogP contribution in [0.25, 0.3) is 0 Å². The lowest BCUT2D eigenvalue weighted by molar-refractivity contribution is -0.136. The third kappa shape index (κ3) is 7.13. The van der Waals surface area contributed by atoms with Crippen LogP contribution in [0.15, 0.2) is 24.3 Å². The van der Waals surface area contributed by atoms with Crippen molar-refractivity contribution in [2.24, 2.45) is 5.41 Å². The van der Waals surface area contributed by atoms with Gasteiger partial charge in [0.15, 0.2) is 0 Å². The van der Waals surface area contributed by atoms with Crippen molar-refractivity contribution in [3.8, 4) is 0 Å². The Morgan fingerprint density at radius 2 is 1.86 bits per heavy atom. The number of anilines is 1. The Morgan fingerprint density at radius 3 is 2.43 bits per heavy atom. The van der Waals surface area contributed by atoms with Crippen LogP contribution in [0.1, 0.15) is 39.2 Å². The van der Waals surface area contributed by atoms with Crippen LogP contribution in [0.4, 0.5) is 5.69 Å². The smallest absolute Gasteiger partial charge is 0.303 e. The van der Waals surface area contributed by atoms with Crippen LogP contribution >= 0.6 is 0 Å². The number of aliphatic carboxylic acids is 1. The van der Waals surface area contributed by atoms with Crippen LogP contribution in [0, 0.1) is 5.41 Å². The number of nitrogens with one attached hydrogen (secondary N) is 1. The molecule has 0 spiro atoms. The van der Waals surface area contributed by atoms with Gasteiger partial charge in [-0.25, -0.2) is 8.42 Å². The number of aryl methyl sites for hydroxylation is 1. The molecule has 0 aliphatic heterocycles. The van der Waals surface area contributed by atoms with E-state index in [1.165, 1.54) is 0 Å². The first kappa shape index (κ1) is 17.5. The zero-order valence-electron chi connectivity index (χ0n) is 12.7. The molecule has 1 rings (SSSR count). The second-order valence-corrected chi connectivity index (χ2v) is 8.12. The Labute approximate surface area is 126 Å². The number of benzene rings is 1. The van der Waals surface area contributed by atoms with Crippen molar-refractivity contribution in [1.82, 2.24) is 0 Å². The monoisotopic (exact) mass is 313 g/mol. The fourth-order valence-corrected chi connectivity index (χ4v) is 3.26. The Bertz CT molecular complexity index is 588. The first-order chi connectivity index (χ1) is 9.59. The molecule has 0 saturated carbocycles.